The van der Waals surface area contributed by atoms with E-state index in [0.29, 0.717) is 12.1 Å². The lowest BCUT2D eigenvalue weighted by Gasteiger charge is -2.02. The maximum absolute atomic E-state index is 11.7. The van der Waals surface area contributed by atoms with Crippen molar-refractivity contribution in [1.82, 2.24) is 9.59 Å². The highest BCUT2D eigenvalue weighted by Gasteiger charge is 2.10. The molecule has 1 aromatic carbocycles. The third-order valence-corrected chi connectivity index (χ3v) is 2.65. The van der Waals surface area contributed by atoms with Crippen molar-refractivity contribution in [1.29, 1.82) is 0 Å². The summed E-state index contributed by atoms with van der Waals surface area (Å²) < 4.78 is 8.75. The van der Waals surface area contributed by atoms with Crippen molar-refractivity contribution in [2.75, 3.05) is 7.11 Å². The normalized spacial score (nSPS) is 10.1. The number of ether oxygens (including phenoxy) is 1. The van der Waals surface area contributed by atoms with Crippen molar-refractivity contribution in [3.8, 4) is 5.75 Å². The molecule has 4 nitrogen and oxygen atoms in total. The molecular weight excluding hydrogens is 224 g/mol. The SMILES string of the molecule is COc1cccc(CC(=O)c2csnn2)c1. The molecule has 82 valence electrons. The van der Waals surface area contributed by atoms with Crippen LogP contribution in [0.1, 0.15) is 16.1 Å². The van der Waals surface area contributed by atoms with Crippen molar-refractivity contribution < 1.29 is 9.53 Å². The van der Waals surface area contributed by atoms with Crippen LogP contribution in [0, 0.1) is 0 Å². The highest BCUT2D eigenvalue weighted by molar-refractivity contribution is 7.03. The van der Waals surface area contributed by atoms with E-state index in [1.165, 1.54) is 11.5 Å². The standard InChI is InChI=1S/C11H10N2O2S/c1-15-9-4-2-3-8(5-9)6-11(14)10-7-16-13-12-10/h2-5,7H,6H2,1H3. The quantitative estimate of drug-likeness (QED) is 0.759. The highest BCUT2D eigenvalue weighted by Crippen LogP contribution is 2.14. The van der Waals surface area contributed by atoms with Crippen LogP contribution in [0.5, 0.6) is 5.75 Å². The number of nitrogens with zero attached hydrogens (tertiary/aromatic N) is 2. The molecule has 0 aliphatic carbocycles. The van der Waals surface area contributed by atoms with Crippen molar-refractivity contribution in [3.63, 3.8) is 0 Å². The second-order valence-electron chi connectivity index (χ2n) is 3.24. The monoisotopic (exact) mass is 234 g/mol. The van der Waals surface area contributed by atoms with E-state index in [-0.39, 0.29) is 5.78 Å². The van der Waals surface area contributed by atoms with Crippen LogP contribution in [0.2, 0.25) is 0 Å². The third-order valence-electron chi connectivity index (χ3n) is 2.14. The van der Waals surface area contributed by atoms with Gasteiger partial charge < -0.3 is 4.74 Å². The molecule has 0 radical (unpaired) electrons. The molecule has 0 saturated heterocycles. The van der Waals surface area contributed by atoms with Gasteiger partial charge in [-0.05, 0) is 29.2 Å². The van der Waals surface area contributed by atoms with Crippen molar-refractivity contribution in [2.45, 2.75) is 6.42 Å². The maximum Gasteiger partial charge on any atom is 0.188 e. The fourth-order valence-electron chi connectivity index (χ4n) is 1.34. The predicted octanol–water partition coefficient (Wildman–Crippen LogP) is 1.97. The number of carbonyl (C=O) groups is 1. The van der Waals surface area contributed by atoms with Crippen LogP contribution in [0.3, 0.4) is 0 Å². The van der Waals surface area contributed by atoms with Crippen LogP contribution in [0.15, 0.2) is 29.6 Å². The lowest BCUT2D eigenvalue weighted by atomic mass is 10.1. The maximum atomic E-state index is 11.7. The minimum Gasteiger partial charge on any atom is -0.497 e. The molecule has 0 aliphatic heterocycles. The van der Waals surface area contributed by atoms with E-state index < -0.39 is 0 Å². The Morgan fingerprint density at radius 3 is 3.06 bits per heavy atom. The van der Waals surface area contributed by atoms with Gasteiger partial charge in [0.25, 0.3) is 0 Å². The Kier molecular flexibility index (Phi) is 3.26. The van der Waals surface area contributed by atoms with Gasteiger partial charge in [-0.1, -0.05) is 16.6 Å². The third kappa shape index (κ3) is 2.43. The topological polar surface area (TPSA) is 52.1 Å². The van der Waals surface area contributed by atoms with E-state index in [1.807, 2.05) is 24.3 Å². The highest BCUT2D eigenvalue weighted by atomic mass is 32.1. The molecular formula is C11H10N2O2S. The summed E-state index contributed by atoms with van der Waals surface area (Å²) >= 11 is 1.18. The molecule has 0 atom stereocenters. The van der Waals surface area contributed by atoms with Gasteiger partial charge in [-0.3, -0.25) is 4.79 Å². The number of rotatable bonds is 4. The summed E-state index contributed by atoms with van der Waals surface area (Å²) in [6.45, 7) is 0. The molecule has 0 spiro atoms. The van der Waals surface area contributed by atoms with Crippen molar-refractivity contribution in [2.24, 2.45) is 0 Å². The van der Waals surface area contributed by atoms with Crippen LogP contribution in [0.4, 0.5) is 0 Å². The first-order valence-electron chi connectivity index (χ1n) is 4.73. The lowest BCUT2D eigenvalue weighted by Crippen LogP contribution is -2.04. The van der Waals surface area contributed by atoms with Gasteiger partial charge in [0.15, 0.2) is 5.78 Å². The molecule has 1 heterocycles. The van der Waals surface area contributed by atoms with Gasteiger partial charge in [-0.2, -0.15) is 0 Å². The number of aromatic nitrogens is 2. The van der Waals surface area contributed by atoms with Gasteiger partial charge in [-0.15, -0.1) is 5.10 Å². The van der Waals surface area contributed by atoms with Crippen molar-refractivity contribution >= 4 is 17.3 Å². The lowest BCUT2D eigenvalue weighted by molar-refractivity contribution is 0.0988. The Hall–Kier alpha value is -1.75. The van der Waals surface area contributed by atoms with Crippen LogP contribution >= 0.6 is 11.5 Å². The van der Waals surface area contributed by atoms with Crippen LogP contribution in [0.25, 0.3) is 0 Å². The zero-order valence-corrected chi connectivity index (χ0v) is 9.53. The van der Waals surface area contributed by atoms with Gasteiger partial charge in [-0.25, -0.2) is 0 Å². The van der Waals surface area contributed by atoms with Gasteiger partial charge >= 0.3 is 0 Å². The molecule has 0 fully saturated rings. The minimum atomic E-state index is -0.0259. The van der Waals surface area contributed by atoms with E-state index in [9.17, 15) is 4.79 Å². The summed E-state index contributed by atoms with van der Waals surface area (Å²) in [6.07, 6.45) is 0.322. The first-order chi connectivity index (χ1) is 7.79. The van der Waals surface area contributed by atoms with Crippen LogP contribution in [-0.4, -0.2) is 22.5 Å². The number of methoxy groups -OCH3 is 1. The molecule has 0 bridgehead atoms. The van der Waals surface area contributed by atoms with Gasteiger partial charge in [0.2, 0.25) is 0 Å². The number of Topliss-reactive ketones (excluding diaryl/α,β-unsaturated/α-hetero) is 1. The molecule has 5 heteroatoms. The van der Waals surface area contributed by atoms with E-state index in [0.717, 1.165) is 11.3 Å². The zero-order valence-electron chi connectivity index (χ0n) is 8.71. The number of hydrogen-bond acceptors (Lipinski definition) is 5. The minimum absolute atomic E-state index is 0.0259. The largest absolute Gasteiger partial charge is 0.497 e. The molecule has 0 unspecified atom stereocenters. The molecule has 0 saturated carbocycles. The van der Waals surface area contributed by atoms with Gasteiger partial charge in [0.1, 0.15) is 11.4 Å². The number of ketones is 1. The van der Waals surface area contributed by atoms with Gasteiger partial charge in [0.05, 0.1) is 7.11 Å². The average molecular weight is 234 g/mol. The second kappa shape index (κ2) is 4.85. The molecule has 0 amide bonds. The van der Waals surface area contributed by atoms with Crippen LogP contribution in [-0.2, 0) is 6.42 Å². The van der Waals surface area contributed by atoms with E-state index >= 15 is 0 Å². The molecule has 0 N–H and O–H groups in total. The summed E-state index contributed by atoms with van der Waals surface area (Å²) in [7, 11) is 1.60. The van der Waals surface area contributed by atoms with E-state index in [4.69, 9.17) is 4.74 Å². The Labute approximate surface area is 97.0 Å². The Morgan fingerprint density at radius 1 is 1.50 bits per heavy atom. The Bertz CT molecular complexity index is 482. The summed E-state index contributed by atoms with van der Waals surface area (Å²) in [5.74, 6) is 0.726. The molecule has 2 aromatic rings. The number of benzene rings is 1. The summed E-state index contributed by atoms with van der Waals surface area (Å²) in [4.78, 5) is 11.7. The van der Waals surface area contributed by atoms with Crippen LogP contribution < -0.4 is 4.74 Å². The first-order valence-corrected chi connectivity index (χ1v) is 5.56. The second-order valence-corrected chi connectivity index (χ2v) is 3.85. The smallest absolute Gasteiger partial charge is 0.188 e. The Morgan fingerprint density at radius 2 is 2.38 bits per heavy atom. The predicted molar refractivity (Wildman–Crippen MR) is 60.9 cm³/mol. The number of hydrogen-bond donors (Lipinski definition) is 0. The fourth-order valence-corrected chi connectivity index (χ4v) is 1.81. The zero-order chi connectivity index (χ0) is 11.4. The number of carbonyl (C=O) groups excluding carboxylic acids is 1. The Balaban J connectivity index is 2.12. The van der Waals surface area contributed by atoms with E-state index in [2.05, 4.69) is 9.59 Å². The molecule has 0 aliphatic rings. The summed E-state index contributed by atoms with van der Waals surface area (Å²) in [6, 6.07) is 7.44. The summed E-state index contributed by atoms with van der Waals surface area (Å²) in [5.41, 5.74) is 1.34. The van der Waals surface area contributed by atoms with E-state index in [1.54, 1.807) is 12.5 Å². The fraction of sp³-hybridized carbons (Fsp3) is 0.182. The molecule has 2 rings (SSSR count). The van der Waals surface area contributed by atoms with Gasteiger partial charge in [0, 0.05) is 11.8 Å². The molecule has 1 aromatic heterocycles. The summed E-state index contributed by atoms with van der Waals surface area (Å²) in [5, 5.41) is 5.40. The molecule has 16 heavy (non-hydrogen) atoms. The average Bonchev–Trinajstić information content (AvgIpc) is 2.83. The first kappa shape index (κ1) is 10.8. The van der Waals surface area contributed by atoms with Crippen molar-refractivity contribution in [3.05, 3.63) is 40.9 Å².